The molecule has 0 radical (unpaired) electrons. The summed E-state index contributed by atoms with van der Waals surface area (Å²) >= 11 is 0. The number of hydrogen-bond donors (Lipinski definition) is 2. The normalized spacial score (nSPS) is 17.0. The van der Waals surface area contributed by atoms with Gasteiger partial charge < -0.3 is 15.5 Å². The molecule has 3 rings (SSSR count). The average Bonchev–Trinajstić information content (AvgIpc) is 2.94. The minimum Gasteiger partial charge on any atom is -0.334 e. The van der Waals surface area contributed by atoms with E-state index < -0.39 is 5.82 Å². The molecule has 0 aliphatic carbocycles. The number of carbonyl (C=O) groups excluding carboxylic acids is 2. The summed E-state index contributed by atoms with van der Waals surface area (Å²) in [6.45, 7) is 0.752. The van der Waals surface area contributed by atoms with E-state index in [9.17, 15) is 14.0 Å². The van der Waals surface area contributed by atoms with Crippen LogP contribution in [0.15, 0.2) is 54.6 Å². The van der Waals surface area contributed by atoms with Crippen LogP contribution >= 0.6 is 0 Å². The quantitative estimate of drug-likeness (QED) is 0.906. The molecule has 1 aliphatic heterocycles. The molecule has 0 aromatic heterocycles. The highest BCUT2D eigenvalue weighted by atomic mass is 19.1. The molecule has 1 aliphatic rings. The van der Waals surface area contributed by atoms with Crippen molar-refractivity contribution < 1.29 is 14.0 Å². The Kier molecular flexibility index (Phi) is 4.74. The smallest absolute Gasteiger partial charge is 0.315 e. The van der Waals surface area contributed by atoms with Gasteiger partial charge in [0.25, 0.3) is 0 Å². The van der Waals surface area contributed by atoms with Gasteiger partial charge in [0.2, 0.25) is 5.91 Å². The second-order valence-electron chi connectivity index (χ2n) is 5.70. The minimum atomic E-state index is -0.391. The van der Waals surface area contributed by atoms with Crippen LogP contribution < -0.4 is 15.5 Å². The van der Waals surface area contributed by atoms with E-state index in [1.807, 2.05) is 30.3 Å². The van der Waals surface area contributed by atoms with Gasteiger partial charge in [-0.2, -0.15) is 0 Å². The molecule has 2 aromatic rings. The van der Waals surface area contributed by atoms with Crippen molar-refractivity contribution in [2.24, 2.45) is 0 Å². The molecule has 124 valence electrons. The molecule has 0 bridgehead atoms. The molecule has 6 heteroatoms. The average molecular weight is 327 g/mol. The van der Waals surface area contributed by atoms with E-state index in [-0.39, 0.29) is 24.4 Å². The Morgan fingerprint density at radius 1 is 1.17 bits per heavy atom. The van der Waals surface area contributed by atoms with Gasteiger partial charge in [0.05, 0.1) is 6.04 Å². The van der Waals surface area contributed by atoms with Crippen molar-refractivity contribution in [2.75, 3.05) is 11.4 Å². The number of nitrogens with zero attached hydrogens (tertiary/aromatic N) is 1. The van der Waals surface area contributed by atoms with E-state index in [4.69, 9.17) is 0 Å². The maximum Gasteiger partial charge on any atom is 0.315 e. The summed E-state index contributed by atoms with van der Waals surface area (Å²) < 4.78 is 13.3. The number of rotatable bonds is 4. The van der Waals surface area contributed by atoms with Crippen LogP contribution in [0.4, 0.5) is 14.9 Å². The van der Waals surface area contributed by atoms with Crippen LogP contribution in [0.3, 0.4) is 0 Å². The molecule has 1 unspecified atom stereocenters. The van der Waals surface area contributed by atoms with E-state index in [0.29, 0.717) is 18.8 Å². The van der Waals surface area contributed by atoms with Crippen LogP contribution in [-0.4, -0.2) is 24.5 Å². The first-order valence-corrected chi connectivity index (χ1v) is 7.76. The number of anilines is 1. The first-order valence-electron chi connectivity index (χ1n) is 7.76. The van der Waals surface area contributed by atoms with Crippen LogP contribution in [-0.2, 0) is 11.3 Å². The molecule has 2 N–H and O–H groups in total. The van der Waals surface area contributed by atoms with Crippen LogP contribution in [0.2, 0.25) is 0 Å². The molecule has 1 fully saturated rings. The van der Waals surface area contributed by atoms with Gasteiger partial charge in [0.15, 0.2) is 0 Å². The van der Waals surface area contributed by atoms with Crippen molar-refractivity contribution >= 4 is 17.6 Å². The SMILES string of the molecule is O=C(NCc1ccccc1)NC1CC(=O)N(c2cccc(F)c2)C1. The monoisotopic (exact) mass is 327 g/mol. The predicted molar refractivity (Wildman–Crippen MR) is 89.0 cm³/mol. The van der Waals surface area contributed by atoms with E-state index in [1.165, 1.54) is 17.0 Å². The van der Waals surface area contributed by atoms with Gasteiger partial charge in [0, 0.05) is 25.2 Å². The Hall–Kier alpha value is -2.89. The van der Waals surface area contributed by atoms with Gasteiger partial charge in [-0.1, -0.05) is 36.4 Å². The fraction of sp³-hybridized carbons (Fsp3) is 0.222. The maximum atomic E-state index is 13.3. The number of amides is 3. The summed E-state index contributed by atoms with van der Waals surface area (Å²) in [5, 5.41) is 5.55. The first kappa shape index (κ1) is 16.0. The van der Waals surface area contributed by atoms with Gasteiger partial charge in [0.1, 0.15) is 5.82 Å². The molecular formula is C18H18FN3O2. The third-order valence-corrected chi connectivity index (χ3v) is 3.88. The number of benzene rings is 2. The van der Waals surface area contributed by atoms with E-state index >= 15 is 0 Å². The fourth-order valence-corrected chi connectivity index (χ4v) is 2.71. The number of hydrogen-bond acceptors (Lipinski definition) is 2. The zero-order chi connectivity index (χ0) is 16.9. The highest BCUT2D eigenvalue weighted by Gasteiger charge is 2.31. The highest BCUT2D eigenvalue weighted by molar-refractivity contribution is 5.96. The Balaban J connectivity index is 1.53. The van der Waals surface area contributed by atoms with Crippen LogP contribution in [0.25, 0.3) is 0 Å². The first-order chi connectivity index (χ1) is 11.6. The van der Waals surface area contributed by atoms with E-state index in [1.54, 1.807) is 12.1 Å². The Morgan fingerprint density at radius 2 is 1.96 bits per heavy atom. The van der Waals surface area contributed by atoms with Crippen molar-refractivity contribution in [1.82, 2.24) is 10.6 Å². The molecule has 24 heavy (non-hydrogen) atoms. The summed E-state index contributed by atoms with van der Waals surface area (Å²) in [7, 11) is 0. The zero-order valence-electron chi connectivity index (χ0n) is 13.0. The molecule has 2 aromatic carbocycles. The summed E-state index contributed by atoms with van der Waals surface area (Å²) in [4.78, 5) is 25.5. The number of halogens is 1. The largest absolute Gasteiger partial charge is 0.334 e. The third-order valence-electron chi connectivity index (χ3n) is 3.88. The molecular weight excluding hydrogens is 309 g/mol. The Morgan fingerprint density at radius 3 is 2.71 bits per heavy atom. The molecule has 1 saturated heterocycles. The van der Waals surface area contributed by atoms with Gasteiger partial charge in [-0.15, -0.1) is 0 Å². The van der Waals surface area contributed by atoms with Crippen LogP contribution in [0.5, 0.6) is 0 Å². The lowest BCUT2D eigenvalue weighted by Crippen LogP contribution is -2.43. The zero-order valence-corrected chi connectivity index (χ0v) is 13.0. The van der Waals surface area contributed by atoms with Crippen LogP contribution in [0.1, 0.15) is 12.0 Å². The van der Waals surface area contributed by atoms with Crippen molar-refractivity contribution in [2.45, 2.75) is 19.0 Å². The Bertz CT molecular complexity index is 736. The number of urea groups is 1. The fourth-order valence-electron chi connectivity index (χ4n) is 2.71. The molecule has 0 spiro atoms. The summed E-state index contributed by atoms with van der Waals surface area (Å²) in [6.07, 6.45) is 0.204. The summed E-state index contributed by atoms with van der Waals surface area (Å²) in [6, 6.07) is 14.8. The van der Waals surface area contributed by atoms with E-state index in [2.05, 4.69) is 10.6 Å². The number of nitrogens with one attached hydrogen (secondary N) is 2. The van der Waals surface area contributed by atoms with Gasteiger partial charge in [-0.05, 0) is 23.8 Å². The molecule has 5 nitrogen and oxygen atoms in total. The predicted octanol–water partition coefficient (Wildman–Crippen LogP) is 2.43. The third kappa shape index (κ3) is 3.90. The van der Waals surface area contributed by atoms with E-state index in [0.717, 1.165) is 5.56 Å². The second-order valence-corrected chi connectivity index (χ2v) is 5.70. The van der Waals surface area contributed by atoms with Gasteiger partial charge in [-0.3, -0.25) is 4.79 Å². The maximum absolute atomic E-state index is 13.3. The molecule has 1 heterocycles. The summed E-state index contributed by atoms with van der Waals surface area (Å²) in [5.41, 5.74) is 1.51. The van der Waals surface area contributed by atoms with Crippen molar-refractivity contribution in [3.63, 3.8) is 0 Å². The highest BCUT2D eigenvalue weighted by Crippen LogP contribution is 2.22. The lowest BCUT2D eigenvalue weighted by molar-refractivity contribution is -0.117. The second kappa shape index (κ2) is 7.12. The molecule has 3 amide bonds. The van der Waals surface area contributed by atoms with Gasteiger partial charge >= 0.3 is 6.03 Å². The summed E-state index contributed by atoms with van der Waals surface area (Å²) in [5.74, 6) is -0.522. The molecule has 1 atom stereocenters. The standard InChI is InChI=1S/C18H18FN3O2/c19-14-7-4-8-16(9-14)22-12-15(10-17(22)23)21-18(24)20-11-13-5-2-1-3-6-13/h1-9,15H,10-12H2,(H2,20,21,24). The topological polar surface area (TPSA) is 61.4 Å². The number of carbonyl (C=O) groups is 2. The van der Waals surface area contributed by atoms with Crippen LogP contribution in [0, 0.1) is 5.82 Å². The minimum absolute atomic E-state index is 0.131. The van der Waals surface area contributed by atoms with Crippen molar-refractivity contribution in [1.29, 1.82) is 0 Å². The van der Waals surface area contributed by atoms with Gasteiger partial charge in [-0.25, -0.2) is 9.18 Å². The lowest BCUT2D eigenvalue weighted by atomic mass is 10.2. The molecule has 0 saturated carbocycles. The van der Waals surface area contributed by atoms with Crippen molar-refractivity contribution in [3.8, 4) is 0 Å². The Labute approximate surface area is 139 Å². The van der Waals surface area contributed by atoms with Crippen molar-refractivity contribution in [3.05, 3.63) is 66.0 Å². The lowest BCUT2D eigenvalue weighted by Gasteiger charge is -2.17.